The SMILES string of the molecule is CCCCCN(C)c1nnns1. The molecule has 0 saturated carbocycles. The molecule has 1 aromatic heterocycles. The smallest absolute Gasteiger partial charge is 0.227 e. The molecule has 0 amide bonds. The molecule has 0 aromatic carbocycles. The highest BCUT2D eigenvalue weighted by molar-refractivity contribution is 7.09. The molecule has 0 saturated heterocycles. The lowest BCUT2D eigenvalue weighted by molar-refractivity contribution is 0.702. The molecule has 0 fully saturated rings. The largest absolute Gasteiger partial charge is 0.348 e. The molecule has 0 aliphatic carbocycles. The first-order valence-corrected chi connectivity index (χ1v) is 4.98. The summed E-state index contributed by atoms with van der Waals surface area (Å²) in [5.74, 6) is 0. The predicted octanol–water partition coefficient (Wildman–Crippen LogP) is 1.56. The number of hydrogen-bond acceptors (Lipinski definition) is 5. The second kappa shape index (κ2) is 5.03. The van der Waals surface area contributed by atoms with Gasteiger partial charge in [0.1, 0.15) is 0 Å². The van der Waals surface area contributed by atoms with Gasteiger partial charge in [-0.3, -0.25) is 0 Å². The van der Waals surface area contributed by atoms with Crippen molar-refractivity contribution in [3.63, 3.8) is 0 Å². The van der Waals surface area contributed by atoms with Crippen molar-refractivity contribution in [3.05, 3.63) is 0 Å². The van der Waals surface area contributed by atoms with Crippen LogP contribution in [0.2, 0.25) is 0 Å². The minimum absolute atomic E-state index is 0.908. The van der Waals surface area contributed by atoms with E-state index in [0.29, 0.717) is 0 Å². The van der Waals surface area contributed by atoms with Gasteiger partial charge in [0.2, 0.25) is 5.13 Å². The van der Waals surface area contributed by atoms with Crippen LogP contribution in [0.25, 0.3) is 0 Å². The third-order valence-electron chi connectivity index (χ3n) is 1.71. The number of hydrogen-bond donors (Lipinski definition) is 0. The maximum Gasteiger partial charge on any atom is 0.227 e. The van der Waals surface area contributed by atoms with Crippen LogP contribution in [-0.4, -0.2) is 28.4 Å². The Hall–Kier alpha value is -0.710. The van der Waals surface area contributed by atoms with Gasteiger partial charge in [-0.1, -0.05) is 29.4 Å². The molecule has 0 aliphatic heterocycles. The third-order valence-corrected chi connectivity index (χ3v) is 2.42. The molecule has 12 heavy (non-hydrogen) atoms. The van der Waals surface area contributed by atoms with Gasteiger partial charge in [0.15, 0.2) is 0 Å². The molecule has 0 N–H and O–H groups in total. The summed E-state index contributed by atoms with van der Waals surface area (Å²) in [6, 6.07) is 0. The van der Waals surface area contributed by atoms with E-state index in [1.165, 1.54) is 30.8 Å². The third kappa shape index (κ3) is 2.73. The van der Waals surface area contributed by atoms with Crippen molar-refractivity contribution in [3.8, 4) is 0 Å². The Morgan fingerprint density at radius 2 is 2.25 bits per heavy atom. The van der Waals surface area contributed by atoms with Crippen LogP contribution in [0.3, 0.4) is 0 Å². The van der Waals surface area contributed by atoms with Gasteiger partial charge in [-0.05, 0) is 11.6 Å². The summed E-state index contributed by atoms with van der Waals surface area (Å²) in [6.45, 7) is 3.25. The van der Waals surface area contributed by atoms with E-state index < -0.39 is 0 Å². The Balaban J connectivity index is 2.25. The zero-order valence-corrected chi connectivity index (χ0v) is 8.34. The van der Waals surface area contributed by atoms with E-state index in [-0.39, 0.29) is 0 Å². The first-order valence-electron chi connectivity index (χ1n) is 4.20. The highest BCUT2D eigenvalue weighted by Crippen LogP contribution is 2.11. The summed E-state index contributed by atoms with van der Waals surface area (Å²) in [5, 5.41) is 8.33. The van der Waals surface area contributed by atoms with Crippen LogP contribution in [-0.2, 0) is 0 Å². The van der Waals surface area contributed by atoms with Crippen LogP contribution in [0.15, 0.2) is 0 Å². The molecule has 0 spiro atoms. The summed E-state index contributed by atoms with van der Waals surface area (Å²) in [6.07, 6.45) is 3.74. The number of anilines is 1. The average molecular weight is 186 g/mol. The molecular formula is C7H14N4S. The van der Waals surface area contributed by atoms with E-state index in [4.69, 9.17) is 0 Å². The van der Waals surface area contributed by atoms with Gasteiger partial charge in [0, 0.05) is 25.1 Å². The monoisotopic (exact) mass is 186 g/mol. The average Bonchev–Trinajstić information content (AvgIpc) is 2.56. The van der Waals surface area contributed by atoms with Crippen LogP contribution < -0.4 is 4.90 Å². The maximum atomic E-state index is 3.88. The summed E-state index contributed by atoms with van der Waals surface area (Å²) >= 11 is 1.34. The van der Waals surface area contributed by atoms with Crippen LogP contribution in [0.4, 0.5) is 5.13 Å². The van der Waals surface area contributed by atoms with E-state index >= 15 is 0 Å². The zero-order valence-electron chi connectivity index (χ0n) is 7.53. The predicted molar refractivity (Wildman–Crippen MR) is 50.5 cm³/mol. The van der Waals surface area contributed by atoms with Gasteiger partial charge in [-0.25, -0.2) is 0 Å². The number of rotatable bonds is 5. The summed E-state index contributed by atoms with van der Waals surface area (Å²) in [7, 11) is 2.03. The van der Waals surface area contributed by atoms with Gasteiger partial charge in [0.25, 0.3) is 0 Å². The highest BCUT2D eigenvalue weighted by atomic mass is 32.1. The van der Waals surface area contributed by atoms with E-state index in [9.17, 15) is 0 Å². The lowest BCUT2D eigenvalue weighted by atomic mass is 10.2. The molecule has 68 valence electrons. The molecule has 1 aromatic rings. The molecule has 0 bridgehead atoms. The molecule has 1 heterocycles. The Morgan fingerprint density at radius 1 is 1.42 bits per heavy atom. The fraction of sp³-hybridized carbons (Fsp3) is 0.857. The summed E-state index contributed by atoms with van der Waals surface area (Å²) < 4.78 is 3.71. The number of aromatic nitrogens is 3. The van der Waals surface area contributed by atoms with Crippen molar-refractivity contribution in [2.45, 2.75) is 26.2 Å². The standard InChI is InChI=1S/C7H14N4S/c1-3-4-5-6-11(2)7-8-9-10-12-7/h3-6H2,1-2H3. The van der Waals surface area contributed by atoms with Crippen molar-refractivity contribution >= 4 is 16.7 Å². The summed E-state index contributed by atoms with van der Waals surface area (Å²) in [4.78, 5) is 2.10. The molecule has 5 heteroatoms. The fourth-order valence-corrected chi connectivity index (χ4v) is 1.42. The number of unbranched alkanes of at least 4 members (excludes halogenated alkanes) is 2. The van der Waals surface area contributed by atoms with Crippen molar-refractivity contribution in [1.29, 1.82) is 0 Å². The van der Waals surface area contributed by atoms with Gasteiger partial charge in [-0.15, -0.1) is 0 Å². The van der Waals surface area contributed by atoms with Crippen molar-refractivity contribution in [2.75, 3.05) is 18.5 Å². The molecule has 0 unspecified atom stereocenters. The molecule has 1 rings (SSSR count). The lowest BCUT2D eigenvalue weighted by Crippen LogP contribution is -2.18. The highest BCUT2D eigenvalue weighted by Gasteiger charge is 2.03. The van der Waals surface area contributed by atoms with E-state index in [0.717, 1.165) is 11.7 Å². The van der Waals surface area contributed by atoms with Crippen molar-refractivity contribution in [2.24, 2.45) is 0 Å². The van der Waals surface area contributed by atoms with Gasteiger partial charge in [0.05, 0.1) is 0 Å². The van der Waals surface area contributed by atoms with E-state index in [1.807, 2.05) is 7.05 Å². The fourth-order valence-electron chi connectivity index (χ4n) is 0.970. The Bertz CT molecular complexity index is 199. The topological polar surface area (TPSA) is 41.9 Å². The van der Waals surface area contributed by atoms with Gasteiger partial charge < -0.3 is 4.90 Å². The van der Waals surface area contributed by atoms with Crippen LogP contribution in [0, 0.1) is 0 Å². The normalized spacial score (nSPS) is 10.2. The number of nitrogens with zero attached hydrogens (tertiary/aromatic N) is 4. The van der Waals surface area contributed by atoms with Gasteiger partial charge in [-0.2, -0.15) is 0 Å². The summed E-state index contributed by atoms with van der Waals surface area (Å²) in [5.41, 5.74) is 0. The van der Waals surface area contributed by atoms with Crippen molar-refractivity contribution < 1.29 is 0 Å². The maximum absolute atomic E-state index is 3.88. The minimum Gasteiger partial charge on any atom is -0.348 e. The molecule has 0 aliphatic rings. The first-order chi connectivity index (χ1) is 5.84. The van der Waals surface area contributed by atoms with E-state index in [2.05, 4.69) is 26.6 Å². The zero-order chi connectivity index (χ0) is 8.81. The quantitative estimate of drug-likeness (QED) is 0.654. The lowest BCUT2D eigenvalue weighted by Gasteiger charge is -2.13. The van der Waals surface area contributed by atoms with Crippen LogP contribution in [0.1, 0.15) is 26.2 Å². The molecular weight excluding hydrogens is 172 g/mol. The van der Waals surface area contributed by atoms with Crippen LogP contribution in [0.5, 0.6) is 0 Å². The van der Waals surface area contributed by atoms with Gasteiger partial charge >= 0.3 is 0 Å². The first kappa shape index (κ1) is 9.38. The van der Waals surface area contributed by atoms with Crippen LogP contribution >= 0.6 is 11.5 Å². The Morgan fingerprint density at radius 3 is 2.83 bits per heavy atom. The second-order valence-corrected chi connectivity index (χ2v) is 3.48. The molecule has 0 atom stereocenters. The second-order valence-electron chi connectivity index (χ2n) is 2.77. The minimum atomic E-state index is 0.908. The van der Waals surface area contributed by atoms with E-state index in [1.54, 1.807) is 0 Å². The Labute approximate surface area is 76.8 Å². The van der Waals surface area contributed by atoms with Crippen molar-refractivity contribution in [1.82, 2.24) is 14.8 Å². The molecule has 0 radical (unpaired) electrons. The molecule has 4 nitrogen and oxygen atoms in total. The Kier molecular flexibility index (Phi) is 3.93.